The summed E-state index contributed by atoms with van der Waals surface area (Å²) in [5.41, 5.74) is 2.63. The molecule has 0 aliphatic carbocycles. The van der Waals surface area contributed by atoms with Crippen molar-refractivity contribution in [2.75, 3.05) is 5.32 Å². The summed E-state index contributed by atoms with van der Waals surface area (Å²) in [5.74, 6) is -0.489. The van der Waals surface area contributed by atoms with Crippen molar-refractivity contribution in [3.63, 3.8) is 0 Å². The number of nitrogens with one attached hydrogen (secondary N) is 1. The van der Waals surface area contributed by atoms with Crippen molar-refractivity contribution in [2.45, 2.75) is 0 Å². The fourth-order valence-corrected chi connectivity index (χ4v) is 2.92. The number of fused-ring (bicyclic) bond motifs is 1. The van der Waals surface area contributed by atoms with Crippen molar-refractivity contribution < 1.29 is 4.79 Å². The van der Waals surface area contributed by atoms with Crippen LogP contribution < -0.4 is 11.0 Å². The molecule has 3 rings (SSSR count). The maximum atomic E-state index is 12.3. The van der Waals surface area contributed by atoms with Gasteiger partial charge in [-0.05, 0) is 48.0 Å². The fraction of sp³-hybridized carbons (Fsp3) is 0.105. The molecule has 0 aliphatic rings. The molecule has 6 nitrogen and oxygen atoms in total. The lowest BCUT2D eigenvalue weighted by atomic mass is 10.1. The quantitative estimate of drug-likeness (QED) is 0.531. The Labute approximate surface area is 158 Å². The molecule has 3 aromatic rings. The number of anilines is 1. The highest BCUT2D eigenvalue weighted by Crippen LogP contribution is 2.18. The highest BCUT2D eigenvalue weighted by molar-refractivity contribution is 9.10. The normalized spacial score (nSPS) is 11.4. The summed E-state index contributed by atoms with van der Waals surface area (Å²) in [7, 11) is 3.39. The number of nitrogens with zero attached hydrogens (tertiary/aromatic N) is 3. The van der Waals surface area contributed by atoms with Crippen LogP contribution in [0.2, 0.25) is 0 Å². The van der Waals surface area contributed by atoms with Crippen LogP contribution in [-0.2, 0) is 18.9 Å². The van der Waals surface area contributed by atoms with Gasteiger partial charge in [-0.1, -0.05) is 22.0 Å². The van der Waals surface area contributed by atoms with E-state index in [2.05, 4.69) is 21.2 Å². The van der Waals surface area contributed by atoms with Gasteiger partial charge in [0.1, 0.15) is 11.6 Å². The Morgan fingerprint density at radius 2 is 1.77 bits per heavy atom. The molecular weight excluding hydrogens is 396 g/mol. The second kappa shape index (κ2) is 7.02. The van der Waals surface area contributed by atoms with Crippen LogP contribution in [0.5, 0.6) is 0 Å². The third-order valence-electron chi connectivity index (χ3n) is 4.07. The zero-order valence-corrected chi connectivity index (χ0v) is 15.7. The molecule has 130 valence electrons. The molecule has 0 radical (unpaired) electrons. The van der Waals surface area contributed by atoms with Crippen LogP contribution in [0.1, 0.15) is 5.56 Å². The van der Waals surface area contributed by atoms with Gasteiger partial charge in [-0.3, -0.25) is 13.9 Å². The first-order chi connectivity index (χ1) is 12.4. The van der Waals surface area contributed by atoms with Crippen LogP contribution in [0.4, 0.5) is 5.69 Å². The van der Waals surface area contributed by atoms with E-state index in [1.807, 2.05) is 6.07 Å². The van der Waals surface area contributed by atoms with Crippen LogP contribution in [0.3, 0.4) is 0 Å². The first-order valence-electron chi connectivity index (χ1n) is 7.75. The second-order valence-electron chi connectivity index (χ2n) is 5.78. The molecule has 0 aliphatic heterocycles. The maximum Gasteiger partial charge on any atom is 0.328 e. The number of benzene rings is 2. The smallest absolute Gasteiger partial charge is 0.321 e. The van der Waals surface area contributed by atoms with E-state index >= 15 is 0 Å². The van der Waals surface area contributed by atoms with Crippen molar-refractivity contribution in [1.29, 1.82) is 5.26 Å². The van der Waals surface area contributed by atoms with Gasteiger partial charge < -0.3 is 5.32 Å². The Kier molecular flexibility index (Phi) is 4.78. The molecule has 0 saturated carbocycles. The summed E-state index contributed by atoms with van der Waals surface area (Å²) in [6.07, 6.45) is 1.51. The minimum atomic E-state index is -0.489. The molecule has 0 atom stereocenters. The number of aromatic nitrogens is 2. The van der Waals surface area contributed by atoms with Crippen molar-refractivity contribution in [3.05, 3.63) is 68.6 Å². The van der Waals surface area contributed by atoms with E-state index in [0.717, 1.165) is 15.5 Å². The average Bonchev–Trinajstić information content (AvgIpc) is 2.85. The highest BCUT2D eigenvalue weighted by atomic mass is 79.9. The predicted octanol–water partition coefficient (Wildman–Crippen LogP) is 3.19. The second-order valence-corrected chi connectivity index (χ2v) is 6.70. The molecule has 1 N–H and O–H groups in total. The molecule has 0 bridgehead atoms. The van der Waals surface area contributed by atoms with E-state index in [4.69, 9.17) is 0 Å². The van der Waals surface area contributed by atoms with Gasteiger partial charge in [-0.25, -0.2) is 4.79 Å². The molecule has 0 saturated heterocycles. The van der Waals surface area contributed by atoms with Crippen molar-refractivity contribution in [2.24, 2.45) is 14.1 Å². The van der Waals surface area contributed by atoms with Gasteiger partial charge in [-0.2, -0.15) is 5.26 Å². The van der Waals surface area contributed by atoms with Crippen LogP contribution in [-0.4, -0.2) is 15.0 Å². The SMILES string of the molecule is Cn1c(=O)n(C)c2cc(/C=C(\C#N)C(=O)Nc3ccc(Br)cc3)ccc21. The lowest BCUT2D eigenvalue weighted by Crippen LogP contribution is -2.19. The number of rotatable bonds is 3. The molecule has 26 heavy (non-hydrogen) atoms. The third-order valence-corrected chi connectivity index (χ3v) is 4.60. The van der Waals surface area contributed by atoms with Crippen LogP contribution in [0, 0.1) is 11.3 Å². The topological polar surface area (TPSA) is 79.8 Å². The van der Waals surface area contributed by atoms with Gasteiger partial charge in [0, 0.05) is 24.3 Å². The largest absolute Gasteiger partial charge is 0.328 e. The van der Waals surface area contributed by atoms with Gasteiger partial charge >= 0.3 is 5.69 Å². The number of hydrogen-bond acceptors (Lipinski definition) is 3. The number of carbonyl (C=O) groups is 1. The molecule has 0 spiro atoms. The van der Waals surface area contributed by atoms with E-state index in [9.17, 15) is 14.9 Å². The predicted molar refractivity (Wildman–Crippen MR) is 105 cm³/mol. The summed E-state index contributed by atoms with van der Waals surface area (Å²) < 4.78 is 3.97. The number of carbonyl (C=O) groups excluding carboxylic acids is 1. The number of aryl methyl sites for hydroxylation is 2. The Morgan fingerprint density at radius 1 is 1.12 bits per heavy atom. The van der Waals surface area contributed by atoms with E-state index in [-0.39, 0.29) is 11.3 Å². The first kappa shape index (κ1) is 17.7. The van der Waals surface area contributed by atoms with Gasteiger partial charge in [0.2, 0.25) is 0 Å². The summed E-state index contributed by atoms with van der Waals surface area (Å²) >= 11 is 3.33. The van der Waals surface area contributed by atoms with Crippen LogP contribution in [0.25, 0.3) is 17.1 Å². The molecule has 2 aromatic carbocycles. The minimum absolute atomic E-state index is 0.0202. The standard InChI is InChI=1S/C19H15BrN4O2/c1-23-16-8-3-12(10-17(16)24(2)19(23)26)9-13(11-21)18(25)22-15-6-4-14(20)5-7-15/h3-10H,1-2H3,(H,22,25)/b13-9+. The van der Waals surface area contributed by atoms with E-state index in [1.165, 1.54) is 10.6 Å². The van der Waals surface area contributed by atoms with E-state index < -0.39 is 5.91 Å². The van der Waals surface area contributed by atoms with Crippen molar-refractivity contribution in [3.8, 4) is 6.07 Å². The van der Waals surface area contributed by atoms with Gasteiger partial charge in [0.05, 0.1) is 11.0 Å². The van der Waals surface area contributed by atoms with Gasteiger partial charge in [0.25, 0.3) is 5.91 Å². The number of amides is 1. The maximum absolute atomic E-state index is 12.3. The Bertz CT molecular complexity index is 1130. The van der Waals surface area contributed by atoms with Gasteiger partial charge in [0.15, 0.2) is 0 Å². The Morgan fingerprint density at radius 3 is 2.42 bits per heavy atom. The number of imidazole rings is 1. The summed E-state index contributed by atoms with van der Waals surface area (Å²) in [4.78, 5) is 24.4. The van der Waals surface area contributed by atoms with Gasteiger partial charge in [-0.15, -0.1) is 0 Å². The molecule has 1 aromatic heterocycles. The lowest BCUT2D eigenvalue weighted by molar-refractivity contribution is -0.112. The number of nitriles is 1. The monoisotopic (exact) mass is 410 g/mol. The minimum Gasteiger partial charge on any atom is -0.321 e. The Balaban J connectivity index is 1.93. The van der Waals surface area contributed by atoms with Crippen LogP contribution >= 0.6 is 15.9 Å². The molecule has 1 heterocycles. The van der Waals surface area contributed by atoms with Crippen molar-refractivity contribution >= 4 is 44.6 Å². The Hall–Kier alpha value is -3.11. The first-order valence-corrected chi connectivity index (χ1v) is 8.54. The zero-order valence-electron chi connectivity index (χ0n) is 14.2. The van der Waals surface area contributed by atoms with Crippen molar-refractivity contribution in [1.82, 2.24) is 9.13 Å². The third kappa shape index (κ3) is 3.32. The number of hydrogen-bond donors (Lipinski definition) is 1. The van der Waals surface area contributed by atoms with E-state index in [0.29, 0.717) is 11.3 Å². The molecular formula is C19H15BrN4O2. The highest BCUT2D eigenvalue weighted by Gasteiger charge is 2.11. The lowest BCUT2D eigenvalue weighted by Gasteiger charge is -2.04. The zero-order chi connectivity index (χ0) is 18.8. The number of halogens is 1. The molecule has 0 fully saturated rings. The fourth-order valence-electron chi connectivity index (χ4n) is 2.66. The van der Waals surface area contributed by atoms with Crippen LogP contribution in [0.15, 0.2) is 57.3 Å². The summed E-state index contributed by atoms with van der Waals surface area (Å²) in [6, 6.07) is 14.4. The summed E-state index contributed by atoms with van der Waals surface area (Å²) in [5, 5.41) is 12.0. The molecule has 0 unspecified atom stereocenters. The summed E-state index contributed by atoms with van der Waals surface area (Å²) in [6.45, 7) is 0. The molecule has 1 amide bonds. The van der Waals surface area contributed by atoms with E-state index in [1.54, 1.807) is 61.1 Å². The molecule has 7 heteroatoms. The average molecular weight is 411 g/mol.